The van der Waals surface area contributed by atoms with Crippen molar-refractivity contribution in [3.05, 3.63) is 27.7 Å². The van der Waals surface area contributed by atoms with Crippen LogP contribution < -0.4 is 0 Å². The van der Waals surface area contributed by atoms with Gasteiger partial charge in [0.1, 0.15) is 0 Å². The summed E-state index contributed by atoms with van der Waals surface area (Å²) in [6.07, 6.45) is 3.25. The van der Waals surface area contributed by atoms with Gasteiger partial charge in [-0.3, -0.25) is 0 Å². The highest BCUT2D eigenvalue weighted by Crippen LogP contribution is 2.32. The molecule has 1 fully saturated rings. The zero-order chi connectivity index (χ0) is 14.9. The van der Waals surface area contributed by atoms with Crippen LogP contribution in [0.15, 0.2) is 21.5 Å². The van der Waals surface area contributed by atoms with Crippen LogP contribution in [0.2, 0.25) is 0 Å². The summed E-state index contributed by atoms with van der Waals surface area (Å²) in [6, 6.07) is 2.63. The standard InChI is InChI=1S/C13H14BrClO4S/c1-8-11(13(16)19-5-4-9-2-3-9)6-10(7-12(8)14)20(15,17)18/h6-7,9H,2-5H2,1H3. The summed E-state index contributed by atoms with van der Waals surface area (Å²) in [5, 5.41) is 0. The molecule has 110 valence electrons. The van der Waals surface area contributed by atoms with E-state index in [1.807, 2.05) is 0 Å². The number of carbonyl (C=O) groups is 1. The second kappa shape index (κ2) is 6.03. The van der Waals surface area contributed by atoms with Crippen molar-refractivity contribution in [2.75, 3.05) is 6.61 Å². The molecule has 0 heterocycles. The molecule has 0 spiro atoms. The van der Waals surface area contributed by atoms with Crippen LogP contribution in [0.25, 0.3) is 0 Å². The Morgan fingerprint density at radius 2 is 2.10 bits per heavy atom. The van der Waals surface area contributed by atoms with Gasteiger partial charge in [-0.2, -0.15) is 0 Å². The van der Waals surface area contributed by atoms with E-state index in [0.29, 0.717) is 22.6 Å². The minimum Gasteiger partial charge on any atom is -0.462 e. The maximum Gasteiger partial charge on any atom is 0.338 e. The van der Waals surface area contributed by atoms with Gasteiger partial charge in [0.2, 0.25) is 0 Å². The Bertz CT molecular complexity index is 638. The summed E-state index contributed by atoms with van der Waals surface area (Å²) in [6.45, 7) is 2.07. The molecule has 0 aliphatic heterocycles. The largest absolute Gasteiger partial charge is 0.462 e. The topological polar surface area (TPSA) is 60.4 Å². The predicted octanol–water partition coefficient (Wildman–Crippen LogP) is 3.64. The Kier molecular flexibility index (Phi) is 4.76. The van der Waals surface area contributed by atoms with Crippen molar-refractivity contribution < 1.29 is 17.9 Å². The molecule has 2 rings (SSSR count). The van der Waals surface area contributed by atoms with Gasteiger partial charge in [-0.15, -0.1) is 0 Å². The first-order valence-electron chi connectivity index (χ1n) is 6.21. The Hall–Kier alpha value is -0.590. The van der Waals surface area contributed by atoms with Crippen molar-refractivity contribution in [3.8, 4) is 0 Å². The fourth-order valence-corrected chi connectivity index (χ4v) is 3.21. The molecule has 0 amide bonds. The molecule has 0 bridgehead atoms. The fraction of sp³-hybridized carbons (Fsp3) is 0.462. The lowest BCUT2D eigenvalue weighted by Crippen LogP contribution is -2.10. The van der Waals surface area contributed by atoms with E-state index in [-0.39, 0.29) is 10.5 Å². The molecule has 0 radical (unpaired) electrons. The number of halogens is 2. The summed E-state index contributed by atoms with van der Waals surface area (Å²) in [7, 11) is 1.43. The first-order valence-corrected chi connectivity index (χ1v) is 9.31. The lowest BCUT2D eigenvalue weighted by atomic mass is 10.1. The maximum absolute atomic E-state index is 12.0. The first kappa shape index (κ1) is 15.8. The summed E-state index contributed by atoms with van der Waals surface area (Å²) >= 11 is 3.23. The zero-order valence-electron chi connectivity index (χ0n) is 10.9. The SMILES string of the molecule is Cc1c(Br)cc(S(=O)(=O)Cl)cc1C(=O)OCCC1CC1. The third-order valence-corrected chi connectivity index (χ3v) is 5.43. The van der Waals surface area contributed by atoms with Crippen molar-refractivity contribution in [3.63, 3.8) is 0 Å². The number of ether oxygens (including phenoxy) is 1. The fourth-order valence-electron chi connectivity index (χ4n) is 1.81. The van der Waals surface area contributed by atoms with Gasteiger partial charge in [0.25, 0.3) is 9.05 Å². The summed E-state index contributed by atoms with van der Waals surface area (Å²) in [5.74, 6) is 0.149. The molecular weight excluding hydrogens is 368 g/mol. The molecule has 20 heavy (non-hydrogen) atoms. The minimum atomic E-state index is -3.89. The highest BCUT2D eigenvalue weighted by molar-refractivity contribution is 9.10. The van der Waals surface area contributed by atoms with E-state index < -0.39 is 15.0 Å². The maximum atomic E-state index is 12.0. The average molecular weight is 382 g/mol. The van der Waals surface area contributed by atoms with E-state index in [2.05, 4.69) is 15.9 Å². The molecule has 0 atom stereocenters. The first-order chi connectivity index (χ1) is 9.29. The van der Waals surface area contributed by atoms with E-state index in [1.54, 1.807) is 6.92 Å². The molecule has 1 aromatic carbocycles. The van der Waals surface area contributed by atoms with Crippen molar-refractivity contribution in [2.45, 2.75) is 31.1 Å². The van der Waals surface area contributed by atoms with Gasteiger partial charge in [0.15, 0.2) is 0 Å². The second-order valence-electron chi connectivity index (χ2n) is 4.88. The van der Waals surface area contributed by atoms with E-state index in [0.717, 1.165) is 6.42 Å². The summed E-state index contributed by atoms with van der Waals surface area (Å²) in [4.78, 5) is 11.9. The molecule has 0 saturated heterocycles. The van der Waals surface area contributed by atoms with Crippen molar-refractivity contribution in [2.24, 2.45) is 5.92 Å². The van der Waals surface area contributed by atoms with Gasteiger partial charge < -0.3 is 4.74 Å². The molecule has 0 aromatic heterocycles. The second-order valence-corrected chi connectivity index (χ2v) is 8.30. The number of hydrogen-bond donors (Lipinski definition) is 0. The van der Waals surface area contributed by atoms with Crippen LogP contribution >= 0.6 is 26.6 Å². The third kappa shape index (κ3) is 3.96. The van der Waals surface area contributed by atoms with E-state index >= 15 is 0 Å². The van der Waals surface area contributed by atoms with Gasteiger partial charge in [-0.1, -0.05) is 28.8 Å². The van der Waals surface area contributed by atoms with E-state index in [1.165, 1.54) is 25.0 Å². The van der Waals surface area contributed by atoms with Crippen molar-refractivity contribution >= 4 is 41.6 Å². The molecule has 1 aliphatic rings. The number of benzene rings is 1. The molecule has 0 unspecified atom stereocenters. The van der Waals surface area contributed by atoms with Crippen LogP contribution in [0.1, 0.15) is 35.2 Å². The van der Waals surface area contributed by atoms with E-state index in [9.17, 15) is 13.2 Å². The van der Waals surface area contributed by atoms with Crippen LogP contribution in [0.4, 0.5) is 0 Å². The molecule has 0 N–H and O–H groups in total. The molecule has 4 nitrogen and oxygen atoms in total. The minimum absolute atomic E-state index is 0.120. The number of hydrogen-bond acceptors (Lipinski definition) is 4. The molecular formula is C13H14BrClO4S. The predicted molar refractivity (Wildman–Crippen MR) is 79.5 cm³/mol. The zero-order valence-corrected chi connectivity index (χ0v) is 14.0. The van der Waals surface area contributed by atoms with Crippen LogP contribution in [0, 0.1) is 12.8 Å². The Morgan fingerprint density at radius 1 is 1.45 bits per heavy atom. The lowest BCUT2D eigenvalue weighted by Gasteiger charge is -2.10. The number of rotatable bonds is 5. The highest BCUT2D eigenvalue weighted by atomic mass is 79.9. The molecule has 1 aromatic rings. The third-order valence-electron chi connectivity index (χ3n) is 3.28. The van der Waals surface area contributed by atoms with Crippen LogP contribution in [0.5, 0.6) is 0 Å². The Labute approximate surface area is 131 Å². The average Bonchev–Trinajstić information content (AvgIpc) is 3.15. The van der Waals surface area contributed by atoms with Crippen molar-refractivity contribution in [1.29, 1.82) is 0 Å². The van der Waals surface area contributed by atoms with Crippen LogP contribution in [0.3, 0.4) is 0 Å². The number of carbonyl (C=O) groups excluding carboxylic acids is 1. The monoisotopic (exact) mass is 380 g/mol. The highest BCUT2D eigenvalue weighted by Gasteiger charge is 2.23. The van der Waals surface area contributed by atoms with Crippen LogP contribution in [-0.2, 0) is 13.8 Å². The Morgan fingerprint density at radius 3 is 2.65 bits per heavy atom. The van der Waals surface area contributed by atoms with Crippen molar-refractivity contribution in [1.82, 2.24) is 0 Å². The normalized spacial score (nSPS) is 15.2. The number of esters is 1. The molecule has 1 aliphatic carbocycles. The molecule has 7 heteroatoms. The van der Waals surface area contributed by atoms with Crippen LogP contribution in [-0.4, -0.2) is 21.0 Å². The molecule has 1 saturated carbocycles. The lowest BCUT2D eigenvalue weighted by molar-refractivity contribution is 0.0493. The summed E-state index contributed by atoms with van der Waals surface area (Å²) < 4.78 is 28.4. The Balaban J connectivity index is 2.20. The van der Waals surface area contributed by atoms with E-state index in [4.69, 9.17) is 15.4 Å². The summed E-state index contributed by atoms with van der Waals surface area (Å²) in [5.41, 5.74) is 0.847. The van der Waals surface area contributed by atoms with Gasteiger partial charge >= 0.3 is 5.97 Å². The van der Waals surface area contributed by atoms with Gasteiger partial charge in [0, 0.05) is 15.2 Å². The smallest absolute Gasteiger partial charge is 0.338 e. The quantitative estimate of drug-likeness (QED) is 0.577. The van der Waals surface area contributed by atoms with Gasteiger partial charge in [-0.25, -0.2) is 13.2 Å². The van der Waals surface area contributed by atoms with Gasteiger partial charge in [0.05, 0.1) is 17.1 Å². The van der Waals surface area contributed by atoms with Gasteiger partial charge in [-0.05, 0) is 37.0 Å².